The molecule has 0 unspecified atom stereocenters. The normalized spacial score (nSPS) is 10.9. The van der Waals surface area contributed by atoms with Crippen molar-refractivity contribution in [3.8, 4) is 0 Å². The van der Waals surface area contributed by atoms with Gasteiger partial charge in [0.05, 0.1) is 5.69 Å². The Kier molecular flexibility index (Phi) is 4.98. The highest BCUT2D eigenvalue weighted by atomic mass is 32.1. The van der Waals surface area contributed by atoms with Gasteiger partial charge < -0.3 is 5.73 Å². The number of thiocarbonyl (C=S) groups is 1. The second-order valence-electron chi connectivity index (χ2n) is 5.11. The Morgan fingerprint density at radius 1 is 1.29 bits per heavy atom. The average molecular weight is 303 g/mol. The summed E-state index contributed by atoms with van der Waals surface area (Å²) in [5.74, 6) is -0.251. The molecule has 0 aliphatic rings. The molecule has 0 saturated carbocycles. The molecule has 0 aliphatic carbocycles. The third kappa shape index (κ3) is 4.31. The van der Waals surface area contributed by atoms with Crippen LogP contribution in [0.25, 0.3) is 0 Å². The number of halogens is 1. The van der Waals surface area contributed by atoms with Crippen molar-refractivity contribution >= 4 is 17.2 Å². The van der Waals surface area contributed by atoms with Gasteiger partial charge in [-0.25, -0.2) is 4.39 Å². The summed E-state index contributed by atoms with van der Waals surface area (Å²) in [6.07, 6.45) is 0. The summed E-state index contributed by atoms with van der Waals surface area (Å²) in [5, 5.41) is 0. The molecule has 0 fully saturated rings. The number of hydrogen-bond acceptors (Lipinski definition) is 3. The summed E-state index contributed by atoms with van der Waals surface area (Å²) in [4.78, 5) is 6.73. The Bertz CT molecular complexity index is 658. The van der Waals surface area contributed by atoms with Gasteiger partial charge in [0.2, 0.25) is 0 Å². The lowest BCUT2D eigenvalue weighted by Gasteiger charge is -2.17. The maximum Gasteiger partial charge on any atom is 0.127 e. The van der Waals surface area contributed by atoms with Crippen LogP contribution in [0.2, 0.25) is 0 Å². The van der Waals surface area contributed by atoms with Crippen LogP contribution >= 0.6 is 12.2 Å². The van der Waals surface area contributed by atoms with E-state index in [-0.39, 0.29) is 10.8 Å². The lowest BCUT2D eigenvalue weighted by molar-refractivity contribution is 0.309. The highest BCUT2D eigenvalue weighted by molar-refractivity contribution is 7.80. The number of aromatic nitrogens is 1. The van der Waals surface area contributed by atoms with Crippen LogP contribution in [0.15, 0.2) is 36.4 Å². The van der Waals surface area contributed by atoms with E-state index >= 15 is 0 Å². The summed E-state index contributed by atoms with van der Waals surface area (Å²) in [5.41, 5.74) is 8.79. The van der Waals surface area contributed by atoms with Gasteiger partial charge in [0.15, 0.2) is 0 Å². The van der Waals surface area contributed by atoms with Crippen LogP contribution in [0.3, 0.4) is 0 Å². The van der Waals surface area contributed by atoms with Crippen molar-refractivity contribution in [2.45, 2.75) is 20.0 Å². The van der Waals surface area contributed by atoms with Gasteiger partial charge >= 0.3 is 0 Å². The number of aryl methyl sites for hydroxylation is 1. The standard InChI is InChI=1S/C16H18FN3S/c1-11-4-3-5-14(19-11)10-20(2)9-13-8-12(16(18)21)6-7-15(13)17/h3-8H,9-10H2,1-2H3,(H2,18,21). The number of nitrogens with two attached hydrogens (primary N) is 1. The molecule has 5 heteroatoms. The highest BCUT2D eigenvalue weighted by Gasteiger charge is 2.09. The van der Waals surface area contributed by atoms with Crippen LogP contribution < -0.4 is 5.73 Å². The predicted molar refractivity (Wildman–Crippen MR) is 86.4 cm³/mol. The molecule has 110 valence electrons. The second-order valence-corrected chi connectivity index (χ2v) is 5.55. The van der Waals surface area contributed by atoms with Crippen molar-refractivity contribution in [2.75, 3.05) is 7.05 Å². The average Bonchev–Trinajstić information content (AvgIpc) is 2.41. The Morgan fingerprint density at radius 2 is 2.05 bits per heavy atom. The molecule has 1 heterocycles. The van der Waals surface area contributed by atoms with Crippen molar-refractivity contribution in [3.63, 3.8) is 0 Å². The number of pyridine rings is 1. The first-order valence-electron chi connectivity index (χ1n) is 6.65. The smallest absolute Gasteiger partial charge is 0.127 e. The third-order valence-corrected chi connectivity index (χ3v) is 3.38. The minimum Gasteiger partial charge on any atom is -0.389 e. The van der Waals surface area contributed by atoms with Gasteiger partial charge in [0.1, 0.15) is 10.8 Å². The van der Waals surface area contributed by atoms with Crippen molar-refractivity contribution < 1.29 is 4.39 Å². The van der Waals surface area contributed by atoms with E-state index in [9.17, 15) is 4.39 Å². The number of rotatable bonds is 5. The SMILES string of the molecule is Cc1cccc(CN(C)Cc2cc(C(N)=S)ccc2F)n1. The zero-order valence-electron chi connectivity index (χ0n) is 12.1. The van der Waals surface area contributed by atoms with Gasteiger partial charge in [0.25, 0.3) is 0 Å². The summed E-state index contributed by atoms with van der Waals surface area (Å²) in [6.45, 7) is 3.07. The molecule has 21 heavy (non-hydrogen) atoms. The summed E-state index contributed by atoms with van der Waals surface area (Å²) < 4.78 is 13.9. The minimum absolute atomic E-state index is 0.251. The maximum atomic E-state index is 13.9. The number of hydrogen-bond donors (Lipinski definition) is 1. The summed E-state index contributed by atoms with van der Waals surface area (Å²) in [6, 6.07) is 10.6. The second kappa shape index (κ2) is 6.74. The van der Waals surface area contributed by atoms with Crippen molar-refractivity contribution in [1.82, 2.24) is 9.88 Å². The fourth-order valence-corrected chi connectivity index (χ4v) is 2.29. The van der Waals surface area contributed by atoms with Crippen LogP contribution in [-0.2, 0) is 13.1 Å². The van der Waals surface area contributed by atoms with Crippen LogP contribution in [0.4, 0.5) is 4.39 Å². The van der Waals surface area contributed by atoms with Crippen molar-refractivity contribution in [3.05, 3.63) is 64.7 Å². The Labute approximate surface area is 129 Å². The number of nitrogens with zero attached hydrogens (tertiary/aromatic N) is 2. The molecule has 0 amide bonds. The molecule has 1 aromatic carbocycles. The van der Waals surface area contributed by atoms with Gasteiger partial charge in [-0.05, 0) is 44.3 Å². The first-order chi connectivity index (χ1) is 9.95. The van der Waals surface area contributed by atoms with Crippen LogP contribution in [0.5, 0.6) is 0 Å². The molecule has 0 saturated heterocycles. The largest absolute Gasteiger partial charge is 0.389 e. The molecule has 0 aliphatic heterocycles. The molecule has 0 atom stereocenters. The molecule has 1 aromatic heterocycles. The zero-order chi connectivity index (χ0) is 15.4. The first kappa shape index (κ1) is 15.5. The van der Waals surface area contributed by atoms with E-state index in [2.05, 4.69) is 4.98 Å². The molecule has 2 N–H and O–H groups in total. The first-order valence-corrected chi connectivity index (χ1v) is 7.06. The molecule has 3 nitrogen and oxygen atoms in total. The van der Waals surface area contributed by atoms with Crippen LogP contribution in [-0.4, -0.2) is 21.9 Å². The zero-order valence-corrected chi connectivity index (χ0v) is 13.0. The van der Waals surface area contributed by atoms with Gasteiger partial charge in [-0.2, -0.15) is 0 Å². The van der Waals surface area contributed by atoms with Gasteiger partial charge in [0, 0.05) is 29.9 Å². The Morgan fingerprint density at radius 3 is 2.71 bits per heavy atom. The summed E-state index contributed by atoms with van der Waals surface area (Å²) >= 11 is 4.93. The number of benzene rings is 1. The van der Waals surface area contributed by atoms with E-state index in [0.29, 0.717) is 24.2 Å². The van der Waals surface area contributed by atoms with E-state index in [1.807, 2.05) is 37.1 Å². The van der Waals surface area contributed by atoms with Gasteiger partial charge in [-0.3, -0.25) is 9.88 Å². The van der Waals surface area contributed by atoms with Crippen LogP contribution in [0.1, 0.15) is 22.5 Å². The van der Waals surface area contributed by atoms with Crippen LogP contribution in [0, 0.1) is 12.7 Å². The van der Waals surface area contributed by atoms with E-state index in [4.69, 9.17) is 18.0 Å². The Hall–Kier alpha value is -1.85. The summed E-state index contributed by atoms with van der Waals surface area (Å²) in [7, 11) is 1.93. The molecule has 2 aromatic rings. The fraction of sp³-hybridized carbons (Fsp3) is 0.250. The third-order valence-electron chi connectivity index (χ3n) is 3.15. The van der Waals surface area contributed by atoms with E-state index in [1.165, 1.54) is 6.07 Å². The quantitative estimate of drug-likeness (QED) is 0.863. The molecule has 0 radical (unpaired) electrons. The minimum atomic E-state index is -0.251. The fourth-order valence-electron chi connectivity index (χ4n) is 2.16. The van der Waals surface area contributed by atoms with Crippen molar-refractivity contribution in [1.29, 1.82) is 0 Å². The van der Waals surface area contributed by atoms with E-state index in [0.717, 1.165) is 11.4 Å². The van der Waals surface area contributed by atoms with Gasteiger partial charge in [-0.15, -0.1) is 0 Å². The topological polar surface area (TPSA) is 42.1 Å². The van der Waals surface area contributed by atoms with Crippen molar-refractivity contribution in [2.24, 2.45) is 5.73 Å². The van der Waals surface area contributed by atoms with E-state index < -0.39 is 0 Å². The lowest BCUT2D eigenvalue weighted by atomic mass is 10.1. The molecule has 0 spiro atoms. The van der Waals surface area contributed by atoms with E-state index in [1.54, 1.807) is 12.1 Å². The highest BCUT2D eigenvalue weighted by Crippen LogP contribution is 2.14. The monoisotopic (exact) mass is 303 g/mol. The molecule has 2 rings (SSSR count). The molecular formula is C16H18FN3S. The van der Waals surface area contributed by atoms with Gasteiger partial charge in [-0.1, -0.05) is 18.3 Å². The maximum absolute atomic E-state index is 13.9. The molecule has 0 bridgehead atoms. The molecular weight excluding hydrogens is 285 g/mol. The predicted octanol–water partition coefficient (Wildman–Crippen LogP) is 2.80. The lowest BCUT2D eigenvalue weighted by Crippen LogP contribution is -2.19. The Balaban J connectivity index is 2.10.